The Hall–Kier alpha value is -1.75. The molecule has 0 bridgehead atoms. The minimum atomic E-state index is -0.106. The summed E-state index contributed by atoms with van der Waals surface area (Å²) in [5, 5.41) is 0. The van der Waals surface area contributed by atoms with E-state index in [1.54, 1.807) is 0 Å². The summed E-state index contributed by atoms with van der Waals surface area (Å²) in [6.45, 7) is 2.97. The van der Waals surface area contributed by atoms with Gasteiger partial charge in [-0.05, 0) is 17.6 Å². The summed E-state index contributed by atoms with van der Waals surface area (Å²) in [6.07, 6.45) is 5.53. The van der Waals surface area contributed by atoms with Crippen LogP contribution in [0.15, 0.2) is 53.6 Å². The van der Waals surface area contributed by atoms with Crippen LogP contribution in [0.2, 0.25) is 0 Å². The highest BCUT2D eigenvalue weighted by Crippen LogP contribution is 2.28. The third-order valence-corrected chi connectivity index (χ3v) is 4.18. The molecule has 0 radical (unpaired) electrons. The van der Waals surface area contributed by atoms with Crippen molar-refractivity contribution in [2.75, 3.05) is 26.4 Å². The molecule has 4 nitrogen and oxygen atoms in total. The average Bonchev–Trinajstić information content (AvgIpc) is 2.63. The molecule has 1 aliphatic heterocycles. The van der Waals surface area contributed by atoms with E-state index in [9.17, 15) is 4.79 Å². The van der Waals surface area contributed by atoms with Gasteiger partial charge in [-0.25, -0.2) is 0 Å². The van der Waals surface area contributed by atoms with Gasteiger partial charge in [0.15, 0.2) is 0 Å². The van der Waals surface area contributed by atoms with Crippen molar-refractivity contribution >= 4 is 6.29 Å². The van der Waals surface area contributed by atoms with E-state index in [2.05, 4.69) is 18.2 Å². The highest BCUT2D eigenvalue weighted by molar-refractivity contribution is 5.79. The van der Waals surface area contributed by atoms with Crippen LogP contribution in [0.1, 0.15) is 12.0 Å². The van der Waals surface area contributed by atoms with E-state index in [1.807, 2.05) is 24.3 Å². The van der Waals surface area contributed by atoms with Gasteiger partial charge in [0, 0.05) is 11.5 Å². The Bertz CT molecular complexity index is 570. The Labute approximate surface area is 136 Å². The minimum absolute atomic E-state index is 0.106. The molecular weight excluding hydrogens is 292 g/mol. The first-order valence-corrected chi connectivity index (χ1v) is 8.04. The van der Waals surface area contributed by atoms with E-state index in [-0.39, 0.29) is 12.0 Å². The Morgan fingerprint density at radius 1 is 1.22 bits per heavy atom. The summed E-state index contributed by atoms with van der Waals surface area (Å²) in [6, 6.07) is 10.1. The van der Waals surface area contributed by atoms with Gasteiger partial charge >= 0.3 is 0 Å². The SMILES string of the molecule is O=CC1=C(C2COCCO2)CC(COCc2ccccc2)C=C1. The minimum Gasteiger partial charge on any atom is -0.376 e. The highest BCUT2D eigenvalue weighted by Gasteiger charge is 2.26. The first kappa shape index (κ1) is 16.1. The maximum atomic E-state index is 11.3. The van der Waals surface area contributed by atoms with Crippen LogP contribution in [0.25, 0.3) is 0 Å². The predicted octanol–water partition coefficient (Wildman–Crippen LogP) is 2.69. The number of carbonyl (C=O) groups excluding carboxylic acids is 1. The molecule has 3 rings (SSSR count). The number of rotatable bonds is 6. The molecule has 1 aromatic carbocycles. The Balaban J connectivity index is 1.55. The van der Waals surface area contributed by atoms with Crippen LogP contribution in [0.3, 0.4) is 0 Å². The fourth-order valence-corrected chi connectivity index (χ4v) is 2.95. The molecule has 2 atom stereocenters. The molecule has 0 aromatic heterocycles. The van der Waals surface area contributed by atoms with E-state index in [0.717, 1.165) is 23.9 Å². The van der Waals surface area contributed by atoms with E-state index in [0.29, 0.717) is 33.0 Å². The van der Waals surface area contributed by atoms with Gasteiger partial charge in [-0.2, -0.15) is 0 Å². The van der Waals surface area contributed by atoms with Gasteiger partial charge in [0.2, 0.25) is 0 Å². The lowest BCUT2D eigenvalue weighted by Gasteiger charge is -2.30. The van der Waals surface area contributed by atoms with E-state index >= 15 is 0 Å². The quantitative estimate of drug-likeness (QED) is 0.757. The smallest absolute Gasteiger partial charge is 0.150 e. The summed E-state index contributed by atoms with van der Waals surface area (Å²) >= 11 is 0. The molecule has 1 saturated heterocycles. The second-order valence-electron chi connectivity index (χ2n) is 5.86. The van der Waals surface area contributed by atoms with Crippen molar-refractivity contribution in [1.82, 2.24) is 0 Å². The van der Waals surface area contributed by atoms with Crippen molar-refractivity contribution < 1.29 is 19.0 Å². The summed E-state index contributed by atoms with van der Waals surface area (Å²) in [5.74, 6) is 0.267. The van der Waals surface area contributed by atoms with Crippen LogP contribution in [0, 0.1) is 5.92 Å². The third-order valence-electron chi connectivity index (χ3n) is 4.18. The van der Waals surface area contributed by atoms with Gasteiger partial charge in [0.1, 0.15) is 12.4 Å². The zero-order valence-electron chi connectivity index (χ0n) is 13.1. The Morgan fingerprint density at radius 3 is 2.83 bits per heavy atom. The lowest BCUT2D eigenvalue weighted by atomic mass is 9.87. The van der Waals surface area contributed by atoms with Crippen LogP contribution >= 0.6 is 0 Å². The molecule has 1 aliphatic carbocycles. The molecule has 122 valence electrons. The summed E-state index contributed by atoms with van der Waals surface area (Å²) in [7, 11) is 0. The summed E-state index contributed by atoms with van der Waals surface area (Å²) in [5.41, 5.74) is 2.93. The van der Waals surface area contributed by atoms with Crippen molar-refractivity contribution in [3.05, 3.63) is 59.2 Å². The molecule has 0 amide bonds. The number of hydrogen-bond acceptors (Lipinski definition) is 4. The number of ether oxygens (including phenoxy) is 3. The maximum Gasteiger partial charge on any atom is 0.150 e. The third kappa shape index (κ3) is 4.38. The second-order valence-corrected chi connectivity index (χ2v) is 5.86. The van der Waals surface area contributed by atoms with Crippen molar-refractivity contribution in [2.24, 2.45) is 5.92 Å². The zero-order valence-corrected chi connectivity index (χ0v) is 13.1. The van der Waals surface area contributed by atoms with Crippen molar-refractivity contribution in [1.29, 1.82) is 0 Å². The van der Waals surface area contributed by atoms with Crippen LogP contribution in [0.4, 0.5) is 0 Å². The van der Waals surface area contributed by atoms with Crippen molar-refractivity contribution in [3.63, 3.8) is 0 Å². The van der Waals surface area contributed by atoms with Crippen molar-refractivity contribution in [2.45, 2.75) is 19.1 Å². The van der Waals surface area contributed by atoms with Gasteiger partial charge in [-0.3, -0.25) is 4.79 Å². The Morgan fingerprint density at radius 2 is 2.09 bits per heavy atom. The largest absolute Gasteiger partial charge is 0.376 e. The molecule has 0 N–H and O–H groups in total. The normalized spacial score (nSPS) is 24.7. The summed E-state index contributed by atoms with van der Waals surface area (Å²) < 4.78 is 17.1. The van der Waals surface area contributed by atoms with Gasteiger partial charge in [0.25, 0.3) is 0 Å². The van der Waals surface area contributed by atoms with Crippen LogP contribution in [0.5, 0.6) is 0 Å². The first-order chi connectivity index (χ1) is 11.4. The molecule has 2 unspecified atom stereocenters. The number of carbonyl (C=O) groups is 1. The maximum absolute atomic E-state index is 11.3. The first-order valence-electron chi connectivity index (χ1n) is 8.04. The molecule has 2 aliphatic rings. The van der Waals surface area contributed by atoms with Gasteiger partial charge in [0.05, 0.1) is 33.0 Å². The topological polar surface area (TPSA) is 44.8 Å². The monoisotopic (exact) mass is 314 g/mol. The fourth-order valence-electron chi connectivity index (χ4n) is 2.95. The number of hydrogen-bond donors (Lipinski definition) is 0. The molecule has 1 heterocycles. The number of allylic oxidation sites excluding steroid dienone is 2. The van der Waals surface area contributed by atoms with Crippen LogP contribution in [-0.4, -0.2) is 38.8 Å². The molecule has 0 saturated carbocycles. The average molecular weight is 314 g/mol. The number of aldehydes is 1. The number of benzene rings is 1. The Kier molecular flexibility index (Phi) is 5.75. The highest BCUT2D eigenvalue weighted by atomic mass is 16.6. The van der Waals surface area contributed by atoms with E-state index < -0.39 is 0 Å². The predicted molar refractivity (Wildman–Crippen MR) is 87.0 cm³/mol. The van der Waals surface area contributed by atoms with Crippen LogP contribution < -0.4 is 0 Å². The lowest BCUT2D eigenvalue weighted by molar-refractivity contribution is -0.105. The fraction of sp³-hybridized carbons (Fsp3) is 0.421. The zero-order chi connectivity index (χ0) is 15.9. The van der Waals surface area contributed by atoms with Gasteiger partial charge in [-0.15, -0.1) is 0 Å². The molecule has 23 heavy (non-hydrogen) atoms. The molecule has 0 spiro atoms. The van der Waals surface area contributed by atoms with Crippen LogP contribution in [-0.2, 0) is 25.6 Å². The second kappa shape index (κ2) is 8.20. The molecule has 1 aromatic rings. The standard InChI is InChI=1S/C19H22O4/c20-11-17-7-6-16(10-18(17)19-14-21-8-9-23-19)13-22-12-15-4-2-1-3-5-15/h1-7,11,16,19H,8-10,12-14H2. The lowest BCUT2D eigenvalue weighted by Crippen LogP contribution is -2.32. The van der Waals surface area contributed by atoms with E-state index in [1.165, 1.54) is 5.56 Å². The molecule has 4 heteroatoms. The summed E-state index contributed by atoms with van der Waals surface area (Å²) in [4.78, 5) is 11.3. The molecule has 1 fully saturated rings. The molecular formula is C19H22O4. The van der Waals surface area contributed by atoms with E-state index in [4.69, 9.17) is 14.2 Å². The van der Waals surface area contributed by atoms with Gasteiger partial charge in [-0.1, -0.05) is 42.5 Å². The van der Waals surface area contributed by atoms with Gasteiger partial charge < -0.3 is 14.2 Å². The van der Waals surface area contributed by atoms with Crippen molar-refractivity contribution in [3.8, 4) is 0 Å².